The molecule has 20 heavy (non-hydrogen) atoms. The van der Waals surface area contributed by atoms with Crippen LogP contribution in [-0.2, 0) is 19.4 Å². The van der Waals surface area contributed by atoms with Gasteiger partial charge < -0.3 is 9.88 Å². The molecule has 3 nitrogen and oxygen atoms in total. The molecule has 0 aliphatic rings. The number of nitrogens with one attached hydrogen (secondary N) is 1. The zero-order valence-corrected chi connectivity index (χ0v) is 12.8. The molecule has 2 aromatic rings. The van der Waals surface area contributed by atoms with Crippen molar-refractivity contribution >= 4 is 0 Å². The normalized spacial score (nSPS) is 11.2. The Kier molecular flexibility index (Phi) is 5.36. The molecule has 0 spiro atoms. The van der Waals surface area contributed by atoms with Crippen molar-refractivity contribution in [1.29, 1.82) is 0 Å². The van der Waals surface area contributed by atoms with Gasteiger partial charge in [0.15, 0.2) is 0 Å². The van der Waals surface area contributed by atoms with Gasteiger partial charge in [0.05, 0.1) is 0 Å². The molecule has 0 amide bonds. The molecule has 0 radical (unpaired) electrons. The Morgan fingerprint density at radius 2 is 1.95 bits per heavy atom. The Balaban J connectivity index is 2.07. The quantitative estimate of drug-likeness (QED) is 0.839. The second-order valence-corrected chi connectivity index (χ2v) is 5.45. The highest BCUT2D eigenvalue weighted by molar-refractivity contribution is 5.28. The number of hydrogen-bond donors (Lipinski definition) is 1. The van der Waals surface area contributed by atoms with E-state index in [0.29, 0.717) is 6.04 Å². The molecule has 2 rings (SSSR count). The van der Waals surface area contributed by atoms with Gasteiger partial charge in [-0.1, -0.05) is 45.0 Å². The molecule has 0 saturated heterocycles. The fourth-order valence-electron chi connectivity index (χ4n) is 2.43. The number of hydrogen-bond acceptors (Lipinski definition) is 2. The van der Waals surface area contributed by atoms with Crippen molar-refractivity contribution in [3.63, 3.8) is 0 Å². The van der Waals surface area contributed by atoms with Gasteiger partial charge >= 0.3 is 0 Å². The number of aromatic nitrogens is 2. The van der Waals surface area contributed by atoms with E-state index in [0.717, 1.165) is 31.8 Å². The van der Waals surface area contributed by atoms with Crippen LogP contribution in [-0.4, -0.2) is 22.1 Å². The summed E-state index contributed by atoms with van der Waals surface area (Å²) in [5.41, 5.74) is 2.82. The number of imidazole rings is 1. The lowest BCUT2D eigenvalue weighted by Crippen LogP contribution is -2.25. The van der Waals surface area contributed by atoms with E-state index in [1.807, 2.05) is 6.20 Å². The van der Waals surface area contributed by atoms with Crippen molar-refractivity contribution in [2.24, 2.45) is 0 Å². The molecular formula is C17H25N3. The molecule has 0 saturated carbocycles. The van der Waals surface area contributed by atoms with Gasteiger partial charge in [-0.3, -0.25) is 0 Å². The predicted octanol–water partition coefficient (Wildman–Crippen LogP) is 3.03. The van der Waals surface area contributed by atoms with Gasteiger partial charge in [0.2, 0.25) is 0 Å². The summed E-state index contributed by atoms with van der Waals surface area (Å²) in [7, 11) is 0. The van der Waals surface area contributed by atoms with Gasteiger partial charge in [-0.25, -0.2) is 4.98 Å². The molecule has 1 N–H and O–H groups in total. The van der Waals surface area contributed by atoms with Crippen LogP contribution in [0.2, 0.25) is 0 Å². The molecule has 3 heteroatoms. The first-order valence-electron chi connectivity index (χ1n) is 7.51. The molecule has 0 unspecified atom stereocenters. The number of benzene rings is 1. The molecule has 0 fully saturated rings. The largest absolute Gasteiger partial charge is 0.331 e. The van der Waals surface area contributed by atoms with Gasteiger partial charge in [-0.05, 0) is 24.1 Å². The van der Waals surface area contributed by atoms with Crippen LogP contribution in [0.1, 0.15) is 37.7 Å². The monoisotopic (exact) mass is 271 g/mol. The van der Waals surface area contributed by atoms with E-state index in [1.54, 1.807) is 0 Å². The third kappa shape index (κ3) is 3.94. The van der Waals surface area contributed by atoms with Crippen LogP contribution < -0.4 is 5.32 Å². The maximum absolute atomic E-state index is 4.40. The zero-order valence-electron chi connectivity index (χ0n) is 12.8. The Hall–Kier alpha value is -1.61. The Morgan fingerprint density at radius 1 is 1.20 bits per heavy atom. The summed E-state index contributed by atoms with van der Waals surface area (Å²) >= 11 is 0. The number of rotatable bonds is 7. The SMILES string of the molecule is CCc1nccn1Cc1ccccc1CCNC(C)C. The minimum atomic E-state index is 0.544. The fraction of sp³-hybridized carbons (Fsp3) is 0.471. The fourth-order valence-corrected chi connectivity index (χ4v) is 2.43. The summed E-state index contributed by atoms with van der Waals surface area (Å²) in [6, 6.07) is 9.26. The summed E-state index contributed by atoms with van der Waals surface area (Å²) in [6.07, 6.45) is 6.01. The lowest BCUT2D eigenvalue weighted by atomic mass is 10.0. The van der Waals surface area contributed by atoms with Crippen LogP contribution >= 0.6 is 0 Å². The van der Waals surface area contributed by atoms with Crippen LogP contribution in [0.4, 0.5) is 0 Å². The maximum Gasteiger partial charge on any atom is 0.108 e. The van der Waals surface area contributed by atoms with Crippen LogP contribution in [0.25, 0.3) is 0 Å². The van der Waals surface area contributed by atoms with E-state index in [1.165, 1.54) is 11.1 Å². The highest BCUT2D eigenvalue weighted by atomic mass is 15.1. The summed E-state index contributed by atoms with van der Waals surface area (Å²) in [6.45, 7) is 8.47. The highest BCUT2D eigenvalue weighted by Gasteiger charge is 2.05. The van der Waals surface area contributed by atoms with Crippen molar-refractivity contribution < 1.29 is 0 Å². The second kappa shape index (κ2) is 7.25. The minimum Gasteiger partial charge on any atom is -0.331 e. The Morgan fingerprint density at radius 3 is 2.65 bits per heavy atom. The molecule has 0 atom stereocenters. The Bertz CT molecular complexity index is 529. The van der Waals surface area contributed by atoms with Crippen LogP contribution in [0.3, 0.4) is 0 Å². The first-order chi connectivity index (χ1) is 9.70. The topological polar surface area (TPSA) is 29.9 Å². The molecule has 0 aliphatic carbocycles. The van der Waals surface area contributed by atoms with E-state index in [4.69, 9.17) is 0 Å². The van der Waals surface area contributed by atoms with Crippen molar-refractivity contribution in [2.45, 2.75) is 46.2 Å². The van der Waals surface area contributed by atoms with Crippen LogP contribution in [0.5, 0.6) is 0 Å². The predicted molar refractivity (Wildman–Crippen MR) is 84.0 cm³/mol. The molecule has 0 aliphatic heterocycles. The molecule has 1 heterocycles. The molecule has 1 aromatic carbocycles. The molecular weight excluding hydrogens is 246 g/mol. The van der Waals surface area contributed by atoms with E-state index in [9.17, 15) is 0 Å². The van der Waals surface area contributed by atoms with E-state index in [-0.39, 0.29) is 0 Å². The molecule has 0 bridgehead atoms. The average molecular weight is 271 g/mol. The lowest BCUT2D eigenvalue weighted by Gasteiger charge is -2.13. The van der Waals surface area contributed by atoms with Gasteiger partial charge in [-0.2, -0.15) is 0 Å². The molecule has 1 aromatic heterocycles. The third-order valence-electron chi connectivity index (χ3n) is 3.52. The van der Waals surface area contributed by atoms with Gasteiger partial charge in [0.1, 0.15) is 5.82 Å². The van der Waals surface area contributed by atoms with E-state index >= 15 is 0 Å². The van der Waals surface area contributed by atoms with E-state index in [2.05, 4.69) is 66.1 Å². The van der Waals surface area contributed by atoms with Crippen LogP contribution in [0, 0.1) is 0 Å². The summed E-state index contributed by atoms with van der Waals surface area (Å²) in [5.74, 6) is 1.15. The summed E-state index contributed by atoms with van der Waals surface area (Å²) in [4.78, 5) is 4.40. The highest BCUT2D eigenvalue weighted by Crippen LogP contribution is 2.13. The number of aryl methyl sites for hydroxylation is 1. The summed E-state index contributed by atoms with van der Waals surface area (Å²) < 4.78 is 2.24. The average Bonchev–Trinajstić information content (AvgIpc) is 2.87. The number of nitrogens with zero attached hydrogens (tertiary/aromatic N) is 2. The molecule has 108 valence electrons. The van der Waals surface area contributed by atoms with Crippen molar-refractivity contribution in [1.82, 2.24) is 14.9 Å². The van der Waals surface area contributed by atoms with Gasteiger partial charge in [0, 0.05) is 31.4 Å². The van der Waals surface area contributed by atoms with Gasteiger partial charge in [0.25, 0.3) is 0 Å². The summed E-state index contributed by atoms with van der Waals surface area (Å²) in [5, 5.41) is 3.48. The Labute approximate surface area is 122 Å². The van der Waals surface area contributed by atoms with Crippen molar-refractivity contribution in [3.8, 4) is 0 Å². The second-order valence-electron chi connectivity index (χ2n) is 5.45. The standard InChI is InChI=1S/C17H25N3/c1-4-17-19-11-12-20(17)13-16-8-6-5-7-15(16)9-10-18-14(2)3/h5-8,11-12,14,18H,4,9-10,13H2,1-3H3. The van der Waals surface area contributed by atoms with Crippen LogP contribution in [0.15, 0.2) is 36.7 Å². The van der Waals surface area contributed by atoms with Crippen molar-refractivity contribution in [3.05, 3.63) is 53.6 Å². The zero-order chi connectivity index (χ0) is 14.4. The van der Waals surface area contributed by atoms with Gasteiger partial charge in [-0.15, -0.1) is 0 Å². The smallest absolute Gasteiger partial charge is 0.108 e. The van der Waals surface area contributed by atoms with Crippen molar-refractivity contribution in [2.75, 3.05) is 6.54 Å². The first-order valence-corrected chi connectivity index (χ1v) is 7.51. The van der Waals surface area contributed by atoms with E-state index < -0.39 is 0 Å². The maximum atomic E-state index is 4.40. The minimum absolute atomic E-state index is 0.544. The first kappa shape index (κ1) is 14.8. The lowest BCUT2D eigenvalue weighted by molar-refractivity contribution is 0.588. The third-order valence-corrected chi connectivity index (χ3v) is 3.52.